The third-order valence-electron chi connectivity index (χ3n) is 3.82. The molecule has 0 radical (unpaired) electrons. The number of anilines is 2. The number of carbonyl (C=O) groups excluding carboxylic acids is 1. The number of aromatic nitrogens is 4. The molecule has 2 aromatic rings. The lowest BCUT2D eigenvalue weighted by molar-refractivity contribution is -0.128. The molecule has 0 aliphatic heterocycles. The summed E-state index contributed by atoms with van der Waals surface area (Å²) in [5.74, 6) is 0.00962. The van der Waals surface area contributed by atoms with Crippen molar-refractivity contribution in [3.8, 4) is 11.4 Å². The zero-order valence-corrected chi connectivity index (χ0v) is 13.1. The molecule has 24 heavy (non-hydrogen) atoms. The molecular weight excluding hydrogens is 316 g/mol. The van der Waals surface area contributed by atoms with Gasteiger partial charge < -0.3 is 15.2 Å². The van der Waals surface area contributed by atoms with Crippen molar-refractivity contribution in [1.29, 1.82) is 0 Å². The average molecular weight is 332 g/mol. The average Bonchev–Trinajstić information content (AvgIpc) is 3.29. The first-order chi connectivity index (χ1) is 11.4. The number of methoxy groups -OCH3 is 1. The molecule has 1 aliphatic rings. The number of carbonyl (C=O) groups is 2. The van der Waals surface area contributed by atoms with Crippen molar-refractivity contribution in [3.05, 3.63) is 18.3 Å². The van der Waals surface area contributed by atoms with Crippen LogP contribution in [0.4, 0.5) is 16.3 Å². The van der Waals surface area contributed by atoms with E-state index in [0.717, 1.165) is 0 Å². The first-order valence-corrected chi connectivity index (χ1v) is 7.18. The molecule has 1 saturated carbocycles. The van der Waals surface area contributed by atoms with Crippen molar-refractivity contribution < 1.29 is 19.4 Å². The largest absolute Gasteiger partial charge is 0.465 e. The quantitative estimate of drug-likeness (QED) is 0.746. The van der Waals surface area contributed by atoms with E-state index < -0.39 is 11.7 Å². The van der Waals surface area contributed by atoms with Gasteiger partial charge in [-0.1, -0.05) is 5.21 Å². The normalized spacial score (nSPS) is 14.9. The van der Waals surface area contributed by atoms with Gasteiger partial charge in [-0.05, 0) is 25.0 Å². The highest BCUT2D eigenvalue weighted by Crippen LogP contribution is 2.39. The van der Waals surface area contributed by atoms with E-state index in [1.807, 2.05) is 0 Å². The van der Waals surface area contributed by atoms with E-state index >= 15 is 0 Å². The molecule has 10 heteroatoms. The predicted molar refractivity (Wildman–Crippen MR) is 83.5 cm³/mol. The van der Waals surface area contributed by atoms with Gasteiger partial charge in [0.2, 0.25) is 0 Å². The van der Waals surface area contributed by atoms with Crippen LogP contribution in [0.2, 0.25) is 0 Å². The molecular formula is C14H16N6O4. The third kappa shape index (κ3) is 2.91. The highest BCUT2D eigenvalue weighted by Gasteiger charge is 2.50. The summed E-state index contributed by atoms with van der Waals surface area (Å²) >= 11 is 0. The van der Waals surface area contributed by atoms with E-state index in [-0.39, 0.29) is 11.7 Å². The van der Waals surface area contributed by atoms with E-state index in [2.05, 4.69) is 25.9 Å². The monoisotopic (exact) mass is 332 g/mol. The summed E-state index contributed by atoms with van der Waals surface area (Å²) in [6.45, 7) is 0. The molecule has 10 nitrogen and oxygen atoms in total. The number of aryl methyl sites for hydroxylation is 1. The second-order valence-electron chi connectivity index (χ2n) is 5.43. The lowest BCUT2D eigenvalue weighted by atomic mass is 10.2. The second-order valence-corrected chi connectivity index (χ2v) is 5.43. The van der Waals surface area contributed by atoms with E-state index in [0.29, 0.717) is 29.9 Å². The molecule has 1 fully saturated rings. The van der Waals surface area contributed by atoms with E-state index in [4.69, 9.17) is 9.84 Å². The van der Waals surface area contributed by atoms with Crippen LogP contribution in [0, 0.1) is 0 Å². The van der Waals surface area contributed by atoms with Crippen molar-refractivity contribution in [2.24, 2.45) is 7.05 Å². The fourth-order valence-electron chi connectivity index (χ4n) is 2.26. The number of pyridine rings is 1. The Hall–Kier alpha value is -3.01. The highest BCUT2D eigenvalue weighted by molar-refractivity contribution is 5.99. The van der Waals surface area contributed by atoms with Crippen molar-refractivity contribution in [2.45, 2.75) is 18.4 Å². The van der Waals surface area contributed by atoms with Gasteiger partial charge in [-0.25, -0.2) is 9.48 Å². The first kappa shape index (κ1) is 15.9. The number of nitrogens with one attached hydrogen (secondary N) is 2. The first-order valence-electron chi connectivity index (χ1n) is 7.18. The van der Waals surface area contributed by atoms with Crippen LogP contribution >= 0.6 is 0 Å². The molecule has 2 aromatic heterocycles. The van der Waals surface area contributed by atoms with Crippen LogP contribution in [0.5, 0.6) is 0 Å². The number of rotatable bonds is 5. The predicted octanol–water partition coefficient (Wildman–Crippen LogP) is 1.08. The van der Waals surface area contributed by atoms with Crippen LogP contribution < -0.4 is 10.6 Å². The van der Waals surface area contributed by atoms with Gasteiger partial charge >= 0.3 is 6.09 Å². The Bertz CT molecular complexity index is 781. The number of amides is 2. The van der Waals surface area contributed by atoms with Gasteiger partial charge in [-0.15, -0.1) is 5.10 Å². The van der Waals surface area contributed by atoms with Crippen LogP contribution in [0.25, 0.3) is 11.4 Å². The molecule has 2 amide bonds. The van der Waals surface area contributed by atoms with Crippen LogP contribution in [-0.2, 0) is 16.6 Å². The van der Waals surface area contributed by atoms with Crippen LogP contribution in [-0.4, -0.2) is 49.8 Å². The Kier molecular flexibility index (Phi) is 3.89. The zero-order valence-electron chi connectivity index (χ0n) is 13.1. The Morgan fingerprint density at radius 1 is 1.33 bits per heavy atom. The minimum atomic E-state index is -1.22. The van der Waals surface area contributed by atoms with Crippen molar-refractivity contribution in [1.82, 2.24) is 20.0 Å². The molecule has 0 aromatic carbocycles. The second kappa shape index (κ2) is 5.89. The molecule has 3 N–H and O–H groups in total. The SMILES string of the molecule is COC1(C(=O)Nc2ccc(-c3nnn(C)c3NC(=O)O)nc2)CC1. The molecule has 0 atom stereocenters. The summed E-state index contributed by atoms with van der Waals surface area (Å²) < 4.78 is 6.52. The Morgan fingerprint density at radius 3 is 2.62 bits per heavy atom. The molecule has 3 rings (SSSR count). The minimum Gasteiger partial charge on any atom is -0.465 e. The van der Waals surface area contributed by atoms with Gasteiger partial charge in [-0.3, -0.25) is 15.1 Å². The zero-order chi connectivity index (χ0) is 17.3. The summed E-state index contributed by atoms with van der Waals surface area (Å²) in [7, 11) is 3.08. The Labute approximate surface area is 136 Å². The maximum Gasteiger partial charge on any atom is 0.410 e. The fourth-order valence-corrected chi connectivity index (χ4v) is 2.26. The third-order valence-corrected chi connectivity index (χ3v) is 3.82. The van der Waals surface area contributed by atoms with Crippen LogP contribution in [0.1, 0.15) is 12.8 Å². The van der Waals surface area contributed by atoms with Crippen LogP contribution in [0.3, 0.4) is 0 Å². The molecule has 1 aliphatic carbocycles. The van der Waals surface area contributed by atoms with Crippen molar-refractivity contribution >= 4 is 23.5 Å². The van der Waals surface area contributed by atoms with Gasteiger partial charge in [0, 0.05) is 14.2 Å². The molecule has 126 valence electrons. The smallest absolute Gasteiger partial charge is 0.410 e. The standard InChI is InChI=1S/C14H16N6O4/c1-20-11(17-13(22)23)10(18-19-20)9-4-3-8(7-15-9)16-12(21)14(24-2)5-6-14/h3-4,7,17H,5-6H2,1-2H3,(H,16,21)(H,22,23). The molecule has 2 heterocycles. The number of nitrogens with zero attached hydrogens (tertiary/aromatic N) is 4. The van der Waals surface area contributed by atoms with Gasteiger partial charge in [-0.2, -0.15) is 0 Å². The van der Waals surface area contributed by atoms with Crippen molar-refractivity contribution in [2.75, 3.05) is 17.7 Å². The topological polar surface area (TPSA) is 131 Å². The molecule has 0 spiro atoms. The maximum atomic E-state index is 12.1. The lowest BCUT2D eigenvalue weighted by Crippen LogP contribution is -2.31. The fraction of sp³-hybridized carbons (Fsp3) is 0.357. The molecule has 0 unspecified atom stereocenters. The number of hydrogen-bond acceptors (Lipinski definition) is 6. The van der Waals surface area contributed by atoms with Gasteiger partial charge in [0.15, 0.2) is 11.5 Å². The number of carboxylic acid groups (broad SMARTS) is 1. The molecule has 0 bridgehead atoms. The van der Waals surface area contributed by atoms with E-state index in [1.165, 1.54) is 18.0 Å². The summed E-state index contributed by atoms with van der Waals surface area (Å²) in [6, 6.07) is 3.28. The van der Waals surface area contributed by atoms with E-state index in [9.17, 15) is 9.59 Å². The minimum absolute atomic E-state index is 0.202. The van der Waals surface area contributed by atoms with E-state index in [1.54, 1.807) is 19.2 Å². The number of ether oxygens (including phenoxy) is 1. The maximum absolute atomic E-state index is 12.1. The van der Waals surface area contributed by atoms with Crippen molar-refractivity contribution in [3.63, 3.8) is 0 Å². The summed E-state index contributed by atoms with van der Waals surface area (Å²) in [4.78, 5) is 27.2. The Balaban J connectivity index is 1.78. The summed E-state index contributed by atoms with van der Waals surface area (Å²) in [6.07, 6.45) is 1.65. The summed E-state index contributed by atoms with van der Waals surface area (Å²) in [5.41, 5.74) is 0.525. The molecule has 0 saturated heterocycles. The Morgan fingerprint density at radius 2 is 2.08 bits per heavy atom. The van der Waals surface area contributed by atoms with Gasteiger partial charge in [0.05, 0.1) is 17.6 Å². The highest BCUT2D eigenvalue weighted by atomic mass is 16.5. The summed E-state index contributed by atoms with van der Waals surface area (Å²) in [5, 5.41) is 21.5. The van der Waals surface area contributed by atoms with Crippen LogP contribution in [0.15, 0.2) is 18.3 Å². The lowest BCUT2D eigenvalue weighted by Gasteiger charge is -2.13. The van der Waals surface area contributed by atoms with Gasteiger partial charge in [0.1, 0.15) is 5.60 Å². The number of hydrogen-bond donors (Lipinski definition) is 3. The van der Waals surface area contributed by atoms with Gasteiger partial charge in [0.25, 0.3) is 5.91 Å².